The first kappa shape index (κ1) is 49.4. The summed E-state index contributed by atoms with van der Waals surface area (Å²) in [5.74, 6) is 0. The first-order valence-electron chi connectivity index (χ1n) is 20.2. The van der Waals surface area contributed by atoms with Crippen molar-refractivity contribution >= 4 is 21.5 Å². The van der Waals surface area contributed by atoms with Crippen LogP contribution >= 0.6 is 0 Å². The highest BCUT2D eigenvalue weighted by Gasteiger charge is 2.20. The van der Waals surface area contributed by atoms with Crippen molar-refractivity contribution in [3.05, 3.63) is 147 Å². The van der Waals surface area contributed by atoms with Crippen LogP contribution in [0.25, 0.3) is 66.1 Å². The Hall–Kier alpha value is -4.68. The minimum absolute atomic E-state index is 1.08. The maximum Gasteiger partial charge on any atom is -0.00264 e. The molecule has 0 nitrogen and oxygen atoms in total. The quantitative estimate of drug-likeness (QED) is 0.158. The fourth-order valence-electron chi connectivity index (χ4n) is 5.49. The fraction of sp³-hybridized carbons (Fsp3) is 0.308. The molecule has 0 amide bonds. The summed E-state index contributed by atoms with van der Waals surface area (Å²) in [5.41, 5.74) is 11.0. The number of hydrogen-bond donors (Lipinski definition) is 0. The van der Waals surface area contributed by atoms with Gasteiger partial charge in [-0.25, -0.2) is 0 Å². The SMILES string of the molecule is C=CCC.C=CCC.CC.CC.CC.CC.CC.CC.c1ccc2c(c1)-c1cccc3cccc-2c13.c1ccc2c(c1)-c1cccc3cccc-2c13. The van der Waals surface area contributed by atoms with E-state index in [0.29, 0.717) is 0 Å². The lowest BCUT2D eigenvalue weighted by atomic mass is 10.0. The minimum atomic E-state index is 1.08. The van der Waals surface area contributed by atoms with Crippen molar-refractivity contribution in [2.75, 3.05) is 0 Å². The number of fused-ring (bicyclic) bond motifs is 6. The van der Waals surface area contributed by atoms with Crippen molar-refractivity contribution in [2.45, 2.75) is 110 Å². The molecule has 6 aromatic rings. The molecule has 52 heavy (non-hydrogen) atoms. The maximum absolute atomic E-state index is 3.48. The molecule has 0 N–H and O–H groups in total. The van der Waals surface area contributed by atoms with E-state index in [0.717, 1.165) is 12.8 Å². The Labute approximate surface area is 321 Å². The summed E-state index contributed by atoms with van der Waals surface area (Å²) in [5, 5.41) is 5.50. The Morgan fingerprint density at radius 2 is 0.481 bits per heavy atom. The molecule has 280 valence electrons. The van der Waals surface area contributed by atoms with Gasteiger partial charge >= 0.3 is 0 Å². The summed E-state index contributed by atoms with van der Waals surface area (Å²) >= 11 is 0. The first-order chi connectivity index (χ1) is 25.7. The fourth-order valence-corrected chi connectivity index (χ4v) is 5.49. The second kappa shape index (κ2) is 31.1. The Kier molecular flexibility index (Phi) is 29.6. The number of rotatable bonds is 2. The van der Waals surface area contributed by atoms with Crippen LogP contribution in [0.3, 0.4) is 0 Å². The molecule has 0 heterocycles. The van der Waals surface area contributed by atoms with E-state index >= 15 is 0 Å². The van der Waals surface area contributed by atoms with Crippen LogP contribution in [0.4, 0.5) is 0 Å². The summed E-state index contributed by atoms with van der Waals surface area (Å²) in [6.07, 6.45) is 5.92. The van der Waals surface area contributed by atoms with Gasteiger partial charge in [-0.15, -0.1) is 13.2 Å². The molecule has 2 aliphatic rings. The average molecular weight is 697 g/mol. The van der Waals surface area contributed by atoms with Crippen molar-refractivity contribution in [2.24, 2.45) is 0 Å². The van der Waals surface area contributed by atoms with Gasteiger partial charge in [0.1, 0.15) is 0 Å². The lowest BCUT2D eigenvalue weighted by Crippen LogP contribution is -1.73. The van der Waals surface area contributed by atoms with Crippen molar-refractivity contribution in [3.63, 3.8) is 0 Å². The van der Waals surface area contributed by atoms with Gasteiger partial charge in [0.2, 0.25) is 0 Å². The molecule has 0 unspecified atom stereocenters. The monoisotopic (exact) mass is 697 g/mol. The van der Waals surface area contributed by atoms with Gasteiger partial charge in [-0.3, -0.25) is 0 Å². The standard InChI is InChI=1S/2C16H10.2C4H8.6C2H6/c2*1-2-8-13-12(7-1)14-9-3-5-11-6-4-10-15(13)16(11)14;2*1-3-4-2;6*1-2/h2*1-10H;2*3H,1,4H2,2H3;6*1-2H3. The van der Waals surface area contributed by atoms with Gasteiger partial charge in [-0.2, -0.15) is 0 Å². The summed E-state index contributed by atoms with van der Waals surface area (Å²) in [4.78, 5) is 0. The van der Waals surface area contributed by atoms with Crippen molar-refractivity contribution in [1.82, 2.24) is 0 Å². The van der Waals surface area contributed by atoms with Crippen LogP contribution in [0, 0.1) is 0 Å². The van der Waals surface area contributed by atoms with E-state index < -0.39 is 0 Å². The van der Waals surface area contributed by atoms with Crippen LogP contribution in [-0.4, -0.2) is 0 Å². The maximum atomic E-state index is 3.48. The molecule has 8 rings (SSSR count). The van der Waals surface area contributed by atoms with Gasteiger partial charge in [0.25, 0.3) is 0 Å². The summed E-state index contributed by atoms with van der Waals surface area (Å²) in [6.45, 7) is 35.1. The molecule has 0 saturated carbocycles. The van der Waals surface area contributed by atoms with Gasteiger partial charge in [-0.05, 0) is 78.9 Å². The smallest absolute Gasteiger partial charge is 0.00264 e. The predicted octanol–water partition coefficient (Wildman–Crippen LogP) is 18.3. The molecule has 0 fully saturated rings. The summed E-state index contributed by atoms with van der Waals surface area (Å²) in [7, 11) is 0. The molecular formula is C52H72. The zero-order valence-electron chi connectivity index (χ0n) is 35.5. The summed E-state index contributed by atoms with van der Waals surface area (Å²) in [6, 6.07) is 43.5. The van der Waals surface area contributed by atoms with Crippen LogP contribution in [0.15, 0.2) is 147 Å². The van der Waals surface area contributed by atoms with Gasteiger partial charge < -0.3 is 0 Å². The zero-order chi connectivity index (χ0) is 39.9. The van der Waals surface area contributed by atoms with Crippen LogP contribution < -0.4 is 0 Å². The van der Waals surface area contributed by atoms with Gasteiger partial charge in [0.15, 0.2) is 0 Å². The van der Waals surface area contributed by atoms with E-state index in [4.69, 9.17) is 0 Å². The lowest BCUT2D eigenvalue weighted by Gasteiger charge is -2.00. The predicted molar refractivity (Wildman–Crippen MR) is 246 cm³/mol. The Morgan fingerprint density at radius 1 is 0.308 bits per heavy atom. The third-order valence-corrected chi connectivity index (χ3v) is 7.40. The van der Waals surface area contributed by atoms with E-state index in [-0.39, 0.29) is 0 Å². The van der Waals surface area contributed by atoms with Crippen molar-refractivity contribution in [1.29, 1.82) is 0 Å². The van der Waals surface area contributed by atoms with Crippen LogP contribution in [0.1, 0.15) is 110 Å². The van der Waals surface area contributed by atoms with E-state index in [1.807, 2.05) is 95.2 Å². The Morgan fingerprint density at radius 3 is 0.654 bits per heavy atom. The molecule has 0 saturated heterocycles. The third-order valence-electron chi connectivity index (χ3n) is 7.40. The van der Waals surface area contributed by atoms with E-state index in [9.17, 15) is 0 Å². The number of benzene rings is 6. The van der Waals surface area contributed by atoms with Crippen molar-refractivity contribution < 1.29 is 0 Å². The number of allylic oxidation sites excluding steroid dienone is 2. The minimum Gasteiger partial charge on any atom is -0.103 e. The molecule has 0 radical (unpaired) electrons. The second-order valence-electron chi connectivity index (χ2n) is 9.90. The van der Waals surface area contributed by atoms with E-state index in [2.05, 4.69) is 148 Å². The zero-order valence-corrected chi connectivity index (χ0v) is 35.5. The molecule has 0 heteroatoms. The topological polar surface area (TPSA) is 0 Å². The van der Waals surface area contributed by atoms with E-state index in [1.54, 1.807) is 0 Å². The van der Waals surface area contributed by atoms with Gasteiger partial charge in [-0.1, -0.05) is 230 Å². The molecule has 0 bridgehead atoms. The largest absolute Gasteiger partial charge is 0.103 e. The average Bonchev–Trinajstić information content (AvgIpc) is 3.78. The van der Waals surface area contributed by atoms with Crippen LogP contribution in [0.2, 0.25) is 0 Å². The highest BCUT2D eigenvalue weighted by molar-refractivity contribution is 6.16. The molecule has 6 aromatic carbocycles. The summed E-state index contributed by atoms with van der Waals surface area (Å²) < 4.78 is 0. The molecule has 0 atom stereocenters. The van der Waals surface area contributed by atoms with E-state index in [1.165, 1.54) is 66.1 Å². The lowest BCUT2D eigenvalue weighted by molar-refractivity contribution is 1.23. The van der Waals surface area contributed by atoms with Gasteiger partial charge in [0.05, 0.1) is 0 Å². The normalized spacial score (nSPS) is 8.88. The van der Waals surface area contributed by atoms with Crippen molar-refractivity contribution in [3.8, 4) is 44.5 Å². The third kappa shape index (κ3) is 12.8. The Balaban J connectivity index is 0. The molecule has 2 aliphatic carbocycles. The number of hydrogen-bond acceptors (Lipinski definition) is 0. The highest BCUT2D eigenvalue weighted by Crippen LogP contribution is 2.47. The van der Waals surface area contributed by atoms with Gasteiger partial charge in [0, 0.05) is 0 Å². The molecule has 0 aliphatic heterocycles. The molecule has 0 spiro atoms. The Bertz CT molecular complexity index is 1550. The van der Waals surface area contributed by atoms with Crippen LogP contribution in [0.5, 0.6) is 0 Å². The second-order valence-corrected chi connectivity index (χ2v) is 9.90. The van der Waals surface area contributed by atoms with Crippen LogP contribution in [-0.2, 0) is 0 Å². The molecular weight excluding hydrogens is 625 g/mol. The molecule has 0 aromatic heterocycles. The first-order valence-corrected chi connectivity index (χ1v) is 20.2. The highest BCUT2D eigenvalue weighted by atomic mass is 14.2.